The van der Waals surface area contributed by atoms with E-state index in [2.05, 4.69) is 0 Å². The molecule has 0 fully saturated rings. The Kier molecular flexibility index (Phi) is 3.14. The molecular weight excluding hydrogens is 240 g/mol. The Hall–Kier alpha value is -1.82. The number of carbonyl (C=O) groups is 1. The van der Waals surface area contributed by atoms with E-state index in [4.69, 9.17) is 15.3 Å². The van der Waals surface area contributed by atoms with Gasteiger partial charge in [-0.1, -0.05) is 11.3 Å². The number of carboxylic acids is 1. The second kappa shape index (κ2) is 4.58. The van der Waals surface area contributed by atoms with Crippen molar-refractivity contribution >= 4 is 27.5 Å². The van der Waals surface area contributed by atoms with Gasteiger partial charge in [-0.25, -0.2) is 0 Å². The number of aliphatic carboxylic acids is 1. The van der Waals surface area contributed by atoms with Crippen LogP contribution in [0.2, 0.25) is 0 Å². The van der Waals surface area contributed by atoms with Gasteiger partial charge in [0, 0.05) is 0 Å². The number of benzene rings is 1. The second-order valence-corrected chi connectivity index (χ2v) is 4.48. The molecule has 0 amide bonds. The second-order valence-electron chi connectivity index (χ2n) is 3.45. The van der Waals surface area contributed by atoms with Gasteiger partial charge in [0.1, 0.15) is 12.3 Å². The first-order chi connectivity index (χ1) is 8.11. The lowest BCUT2D eigenvalue weighted by molar-refractivity contribution is -0.137. The van der Waals surface area contributed by atoms with Gasteiger partial charge in [0.05, 0.1) is 16.8 Å². The fourth-order valence-corrected chi connectivity index (χ4v) is 2.56. The molecule has 1 aromatic carbocycles. The van der Waals surface area contributed by atoms with Crippen LogP contribution >= 0.6 is 11.3 Å². The van der Waals surface area contributed by atoms with Crippen molar-refractivity contribution in [3.05, 3.63) is 23.0 Å². The van der Waals surface area contributed by atoms with Crippen molar-refractivity contribution in [3.8, 4) is 5.75 Å². The first-order valence-electron chi connectivity index (χ1n) is 5.14. The molecule has 17 heavy (non-hydrogen) atoms. The van der Waals surface area contributed by atoms with Gasteiger partial charge >= 0.3 is 5.97 Å². The van der Waals surface area contributed by atoms with Gasteiger partial charge < -0.3 is 14.4 Å². The number of hydrogen-bond donors (Lipinski definition) is 2. The maximum atomic E-state index is 10.7. The van der Waals surface area contributed by atoms with Crippen molar-refractivity contribution in [2.45, 2.75) is 13.5 Å². The molecule has 2 rings (SSSR count). The molecule has 0 aliphatic rings. The summed E-state index contributed by atoms with van der Waals surface area (Å²) in [6.07, 6.45) is 0. The number of rotatable bonds is 4. The van der Waals surface area contributed by atoms with E-state index in [0.717, 1.165) is 16.0 Å². The summed E-state index contributed by atoms with van der Waals surface area (Å²) in [4.78, 5) is 10.9. The predicted octanol–water partition coefficient (Wildman–Crippen LogP) is 1.67. The van der Waals surface area contributed by atoms with Gasteiger partial charge in [0.2, 0.25) is 0 Å². The maximum Gasteiger partial charge on any atom is 0.323 e. The first-order valence-corrected chi connectivity index (χ1v) is 5.96. The molecule has 90 valence electrons. The van der Waals surface area contributed by atoms with Crippen molar-refractivity contribution in [1.29, 1.82) is 5.41 Å². The lowest BCUT2D eigenvalue weighted by Gasteiger charge is -2.03. The smallest absolute Gasteiger partial charge is 0.323 e. The Morgan fingerprint density at radius 2 is 2.35 bits per heavy atom. The summed E-state index contributed by atoms with van der Waals surface area (Å²) in [7, 11) is 0. The van der Waals surface area contributed by atoms with Crippen molar-refractivity contribution in [2.75, 3.05) is 6.61 Å². The largest absolute Gasteiger partial charge is 0.494 e. The van der Waals surface area contributed by atoms with Crippen LogP contribution in [0.4, 0.5) is 0 Å². The molecule has 0 unspecified atom stereocenters. The molecule has 0 saturated carbocycles. The van der Waals surface area contributed by atoms with Gasteiger partial charge in [0.15, 0.2) is 4.80 Å². The van der Waals surface area contributed by atoms with Crippen LogP contribution in [0.5, 0.6) is 5.75 Å². The van der Waals surface area contributed by atoms with E-state index in [9.17, 15) is 4.79 Å². The molecule has 0 aliphatic carbocycles. The zero-order valence-corrected chi connectivity index (χ0v) is 10.1. The number of aromatic nitrogens is 1. The number of nitrogens with zero attached hydrogens (tertiary/aromatic N) is 1. The van der Waals surface area contributed by atoms with Gasteiger partial charge in [-0.05, 0) is 25.1 Å². The average Bonchev–Trinajstić information content (AvgIpc) is 2.55. The van der Waals surface area contributed by atoms with E-state index < -0.39 is 5.97 Å². The monoisotopic (exact) mass is 252 g/mol. The fraction of sp³-hybridized carbons (Fsp3) is 0.273. The van der Waals surface area contributed by atoms with E-state index in [1.807, 2.05) is 13.0 Å². The van der Waals surface area contributed by atoms with E-state index >= 15 is 0 Å². The average molecular weight is 252 g/mol. The number of ether oxygens (including phenoxy) is 1. The highest BCUT2D eigenvalue weighted by Gasteiger charge is 2.09. The molecule has 0 aliphatic heterocycles. The number of fused-ring (bicyclic) bond motifs is 1. The summed E-state index contributed by atoms with van der Waals surface area (Å²) in [5.74, 6) is -0.208. The molecule has 6 heteroatoms. The van der Waals surface area contributed by atoms with Gasteiger partial charge in [-0.2, -0.15) is 0 Å². The SMILES string of the molecule is CCOc1ccc2c(c1)sc(=N)n2CC(=O)O. The summed E-state index contributed by atoms with van der Waals surface area (Å²) >= 11 is 1.25. The highest BCUT2D eigenvalue weighted by molar-refractivity contribution is 7.16. The van der Waals surface area contributed by atoms with E-state index in [1.54, 1.807) is 12.1 Å². The predicted molar refractivity (Wildman–Crippen MR) is 64.5 cm³/mol. The van der Waals surface area contributed by atoms with E-state index in [-0.39, 0.29) is 11.3 Å². The maximum absolute atomic E-state index is 10.7. The minimum atomic E-state index is -0.947. The fourth-order valence-electron chi connectivity index (χ4n) is 1.62. The normalized spacial score (nSPS) is 10.6. The summed E-state index contributed by atoms with van der Waals surface area (Å²) in [6, 6.07) is 5.41. The molecule has 1 heterocycles. The molecule has 5 nitrogen and oxygen atoms in total. The van der Waals surface area contributed by atoms with E-state index in [1.165, 1.54) is 15.9 Å². The zero-order valence-electron chi connectivity index (χ0n) is 9.27. The Morgan fingerprint density at radius 1 is 1.59 bits per heavy atom. The number of carboxylic acid groups (broad SMARTS) is 1. The third-order valence-electron chi connectivity index (χ3n) is 2.28. The third kappa shape index (κ3) is 2.31. The number of nitrogens with one attached hydrogen (secondary N) is 1. The highest BCUT2D eigenvalue weighted by atomic mass is 32.1. The molecule has 2 N–H and O–H groups in total. The van der Waals surface area contributed by atoms with Gasteiger partial charge in [-0.3, -0.25) is 10.2 Å². The summed E-state index contributed by atoms with van der Waals surface area (Å²) in [6.45, 7) is 2.30. The minimum absolute atomic E-state index is 0.188. The lowest BCUT2D eigenvalue weighted by atomic mass is 10.3. The Labute approximate surface area is 101 Å². The van der Waals surface area contributed by atoms with Crippen LogP contribution in [0.25, 0.3) is 10.2 Å². The van der Waals surface area contributed by atoms with Crippen molar-refractivity contribution < 1.29 is 14.6 Å². The number of hydrogen-bond acceptors (Lipinski definition) is 4. The molecular formula is C11H12N2O3S. The number of thiazole rings is 1. The summed E-state index contributed by atoms with van der Waals surface area (Å²) in [5.41, 5.74) is 0.755. The molecule has 2 aromatic rings. The Morgan fingerprint density at radius 3 is 3.00 bits per heavy atom. The van der Waals surface area contributed by atoms with Crippen LogP contribution in [0, 0.1) is 5.41 Å². The van der Waals surface area contributed by atoms with Crippen LogP contribution in [0.3, 0.4) is 0 Å². The molecule has 0 spiro atoms. The van der Waals surface area contributed by atoms with Crippen molar-refractivity contribution in [1.82, 2.24) is 4.57 Å². The van der Waals surface area contributed by atoms with Gasteiger partial charge in [-0.15, -0.1) is 0 Å². The van der Waals surface area contributed by atoms with Crippen LogP contribution in [0.1, 0.15) is 6.92 Å². The van der Waals surface area contributed by atoms with Crippen LogP contribution in [-0.2, 0) is 11.3 Å². The van der Waals surface area contributed by atoms with E-state index in [0.29, 0.717) is 6.61 Å². The molecule has 0 saturated heterocycles. The Balaban J connectivity index is 2.52. The van der Waals surface area contributed by atoms with Crippen molar-refractivity contribution in [3.63, 3.8) is 0 Å². The van der Waals surface area contributed by atoms with Crippen molar-refractivity contribution in [2.24, 2.45) is 0 Å². The molecule has 0 bridgehead atoms. The first kappa shape index (κ1) is 11.7. The zero-order chi connectivity index (χ0) is 12.4. The highest BCUT2D eigenvalue weighted by Crippen LogP contribution is 2.23. The molecule has 0 atom stereocenters. The molecule has 0 radical (unpaired) electrons. The summed E-state index contributed by atoms with van der Waals surface area (Å²) < 4.78 is 7.70. The minimum Gasteiger partial charge on any atom is -0.494 e. The standard InChI is InChI=1S/C11H12N2O3S/c1-2-16-7-3-4-8-9(5-7)17-11(12)13(8)6-10(14)15/h3-5,12H,2,6H2,1H3,(H,14,15). The summed E-state index contributed by atoms with van der Waals surface area (Å²) in [5, 5.41) is 16.5. The van der Waals surface area contributed by atoms with Crippen LogP contribution in [0.15, 0.2) is 18.2 Å². The van der Waals surface area contributed by atoms with Crippen LogP contribution in [-0.4, -0.2) is 22.2 Å². The van der Waals surface area contributed by atoms with Gasteiger partial charge in [0.25, 0.3) is 0 Å². The topological polar surface area (TPSA) is 75.3 Å². The van der Waals surface area contributed by atoms with Crippen LogP contribution < -0.4 is 9.54 Å². The third-order valence-corrected chi connectivity index (χ3v) is 3.24. The quantitative estimate of drug-likeness (QED) is 0.869. The Bertz CT molecular complexity index is 615. The molecule has 1 aromatic heterocycles. The lowest BCUT2D eigenvalue weighted by Crippen LogP contribution is -2.18.